The van der Waals surface area contributed by atoms with Gasteiger partial charge in [-0.25, -0.2) is 4.98 Å². The molecule has 3 aromatic heterocycles. The number of piperazine rings is 1. The zero-order valence-corrected chi connectivity index (χ0v) is 15.5. The van der Waals surface area contributed by atoms with Crippen LogP contribution in [-0.4, -0.2) is 38.9 Å². The third-order valence-corrected chi connectivity index (χ3v) is 4.80. The van der Waals surface area contributed by atoms with Gasteiger partial charge in [0, 0.05) is 55.3 Å². The predicted molar refractivity (Wildman–Crippen MR) is 100 cm³/mol. The van der Waals surface area contributed by atoms with Crippen molar-refractivity contribution in [1.29, 1.82) is 0 Å². The molecule has 4 heterocycles. The van der Waals surface area contributed by atoms with Crippen molar-refractivity contribution >= 4 is 34.0 Å². The van der Waals surface area contributed by atoms with Crippen LogP contribution in [0.2, 0.25) is 0 Å². The lowest BCUT2D eigenvalue weighted by molar-refractivity contribution is 0.151. The van der Waals surface area contributed by atoms with Gasteiger partial charge in [0.25, 0.3) is 0 Å². The number of nitrogens with one attached hydrogen (secondary N) is 1. The van der Waals surface area contributed by atoms with E-state index in [1.54, 1.807) is 0 Å². The molecule has 1 N–H and O–H groups in total. The summed E-state index contributed by atoms with van der Waals surface area (Å²) in [6, 6.07) is 8.56. The first-order chi connectivity index (χ1) is 11.3. The molecule has 0 amide bonds. The van der Waals surface area contributed by atoms with Crippen LogP contribution in [0.15, 0.2) is 53.5 Å². The van der Waals surface area contributed by atoms with Crippen molar-refractivity contribution in [3.8, 4) is 0 Å². The van der Waals surface area contributed by atoms with Gasteiger partial charge >= 0.3 is 0 Å². The maximum Gasteiger partial charge on any atom is 0.136 e. The molecule has 1 unspecified atom stereocenters. The molecular weight excluding hydrogens is 390 g/mol. The molecule has 24 heavy (non-hydrogen) atoms. The van der Waals surface area contributed by atoms with Crippen LogP contribution in [0.1, 0.15) is 17.3 Å². The molecule has 126 valence electrons. The molecule has 1 saturated heterocycles. The fraction of sp³-hybridized carbons (Fsp3) is 0.294. The minimum absolute atomic E-state index is 0. The smallest absolute Gasteiger partial charge is 0.136 e. The lowest BCUT2D eigenvalue weighted by Crippen LogP contribution is -2.45. The molecule has 0 saturated carbocycles. The standard InChI is InChI=1S/C17H18BrN5.ClH/c18-14-3-4-17-21-9-15(23(17)11-14)12-22-7-6-20-10-16(22)13-2-1-5-19-8-13;/h1-5,8-9,11,16,20H,6-7,10,12H2;1H. The summed E-state index contributed by atoms with van der Waals surface area (Å²) in [5, 5.41) is 3.49. The topological polar surface area (TPSA) is 45.5 Å². The summed E-state index contributed by atoms with van der Waals surface area (Å²) in [5.74, 6) is 0. The average Bonchev–Trinajstić information content (AvgIpc) is 2.98. The average molecular weight is 409 g/mol. The Bertz CT molecular complexity index is 807. The molecule has 5 nitrogen and oxygen atoms in total. The quantitative estimate of drug-likeness (QED) is 0.723. The van der Waals surface area contributed by atoms with Crippen LogP contribution in [0.4, 0.5) is 0 Å². The molecule has 1 fully saturated rings. The van der Waals surface area contributed by atoms with E-state index in [0.717, 1.165) is 36.3 Å². The monoisotopic (exact) mass is 407 g/mol. The first-order valence-corrected chi connectivity index (χ1v) is 8.57. The number of fused-ring (bicyclic) bond motifs is 1. The second kappa shape index (κ2) is 7.61. The predicted octanol–water partition coefficient (Wildman–Crippen LogP) is 3.06. The summed E-state index contributed by atoms with van der Waals surface area (Å²) < 4.78 is 3.22. The summed E-state index contributed by atoms with van der Waals surface area (Å²) >= 11 is 3.54. The summed E-state index contributed by atoms with van der Waals surface area (Å²) in [4.78, 5) is 11.3. The van der Waals surface area contributed by atoms with E-state index in [1.165, 1.54) is 11.3 Å². The molecule has 1 atom stereocenters. The number of pyridine rings is 2. The Kier molecular flexibility index (Phi) is 5.50. The second-order valence-electron chi connectivity index (χ2n) is 5.80. The highest BCUT2D eigenvalue weighted by Gasteiger charge is 2.24. The van der Waals surface area contributed by atoms with E-state index >= 15 is 0 Å². The van der Waals surface area contributed by atoms with Gasteiger partial charge in [0.2, 0.25) is 0 Å². The summed E-state index contributed by atoms with van der Waals surface area (Å²) in [6.07, 6.45) is 7.85. The molecule has 1 aliphatic rings. The van der Waals surface area contributed by atoms with Crippen molar-refractivity contribution in [3.63, 3.8) is 0 Å². The van der Waals surface area contributed by atoms with Gasteiger partial charge in [-0.1, -0.05) is 6.07 Å². The second-order valence-corrected chi connectivity index (χ2v) is 6.72. The van der Waals surface area contributed by atoms with Crippen LogP contribution < -0.4 is 5.32 Å². The number of nitrogens with zero attached hydrogens (tertiary/aromatic N) is 4. The fourth-order valence-corrected chi connectivity index (χ4v) is 3.50. The molecule has 0 bridgehead atoms. The van der Waals surface area contributed by atoms with E-state index in [1.807, 2.05) is 36.8 Å². The Morgan fingerprint density at radius 2 is 2.17 bits per heavy atom. The van der Waals surface area contributed by atoms with E-state index in [0.29, 0.717) is 6.04 Å². The van der Waals surface area contributed by atoms with Gasteiger partial charge in [0.05, 0.1) is 11.9 Å². The van der Waals surface area contributed by atoms with Crippen molar-refractivity contribution in [3.05, 3.63) is 64.8 Å². The third-order valence-electron chi connectivity index (χ3n) is 4.33. The van der Waals surface area contributed by atoms with Gasteiger partial charge in [-0.3, -0.25) is 9.88 Å². The molecule has 0 spiro atoms. The third kappa shape index (κ3) is 3.47. The lowest BCUT2D eigenvalue weighted by atomic mass is 10.1. The van der Waals surface area contributed by atoms with Crippen molar-refractivity contribution in [2.75, 3.05) is 19.6 Å². The van der Waals surface area contributed by atoms with Crippen molar-refractivity contribution < 1.29 is 0 Å². The van der Waals surface area contributed by atoms with Gasteiger partial charge in [0.15, 0.2) is 0 Å². The van der Waals surface area contributed by atoms with E-state index in [-0.39, 0.29) is 12.4 Å². The summed E-state index contributed by atoms with van der Waals surface area (Å²) in [5.41, 5.74) is 3.45. The van der Waals surface area contributed by atoms with E-state index < -0.39 is 0 Å². The maximum atomic E-state index is 4.51. The van der Waals surface area contributed by atoms with E-state index in [4.69, 9.17) is 0 Å². The SMILES string of the molecule is Brc1ccc2ncc(CN3CCNCC3c3cccnc3)n2c1.Cl. The lowest BCUT2D eigenvalue weighted by Gasteiger charge is -2.36. The van der Waals surface area contributed by atoms with Gasteiger partial charge in [-0.15, -0.1) is 12.4 Å². The van der Waals surface area contributed by atoms with Crippen molar-refractivity contribution in [2.24, 2.45) is 0 Å². The number of aromatic nitrogens is 3. The van der Waals surface area contributed by atoms with Crippen LogP contribution in [0.25, 0.3) is 5.65 Å². The Hall–Kier alpha value is -1.47. The van der Waals surface area contributed by atoms with Gasteiger partial charge < -0.3 is 9.72 Å². The minimum Gasteiger partial charge on any atom is -0.314 e. The molecule has 3 aromatic rings. The van der Waals surface area contributed by atoms with Crippen molar-refractivity contribution in [1.82, 2.24) is 24.6 Å². The Morgan fingerprint density at radius 3 is 3.00 bits per heavy atom. The van der Waals surface area contributed by atoms with Crippen LogP contribution in [0, 0.1) is 0 Å². The highest BCUT2D eigenvalue weighted by Crippen LogP contribution is 2.24. The number of halogens is 2. The number of imidazole rings is 1. The summed E-state index contributed by atoms with van der Waals surface area (Å²) in [6.45, 7) is 3.85. The molecule has 0 radical (unpaired) electrons. The van der Waals surface area contributed by atoms with Crippen LogP contribution in [0.5, 0.6) is 0 Å². The van der Waals surface area contributed by atoms with Gasteiger partial charge in [-0.2, -0.15) is 0 Å². The minimum atomic E-state index is 0. The molecule has 4 rings (SSSR count). The zero-order chi connectivity index (χ0) is 15.6. The largest absolute Gasteiger partial charge is 0.314 e. The zero-order valence-electron chi connectivity index (χ0n) is 13.1. The van der Waals surface area contributed by atoms with Crippen LogP contribution in [-0.2, 0) is 6.54 Å². The van der Waals surface area contributed by atoms with Crippen LogP contribution in [0.3, 0.4) is 0 Å². The fourth-order valence-electron chi connectivity index (χ4n) is 3.17. The Balaban J connectivity index is 0.00000169. The summed E-state index contributed by atoms with van der Waals surface area (Å²) in [7, 11) is 0. The highest BCUT2D eigenvalue weighted by molar-refractivity contribution is 9.10. The molecule has 0 aliphatic carbocycles. The molecule has 7 heteroatoms. The highest BCUT2D eigenvalue weighted by atomic mass is 79.9. The number of hydrogen-bond acceptors (Lipinski definition) is 4. The Labute approximate surface area is 155 Å². The first kappa shape index (κ1) is 17.4. The van der Waals surface area contributed by atoms with Gasteiger partial charge in [0.1, 0.15) is 5.65 Å². The van der Waals surface area contributed by atoms with Crippen molar-refractivity contribution in [2.45, 2.75) is 12.6 Å². The number of hydrogen-bond donors (Lipinski definition) is 1. The molecule has 1 aliphatic heterocycles. The molecular formula is C17H19BrClN5. The molecule has 0 aromatic carbocycles. The first-order valence-electron chi connectivity index (χ1n) is 7.77. The normalized spacial score (nSPS) is 18.5. The van der Waals surface area contributed by atoms with Gasteiger partial charge in [-0.05, 0) is 39.7 Å². The Morgan fingerprint density at radius 1 is 1.25 bits per heavy atom. The maximum absolute atomic E-state index is 4.51. The van der Waals surface area contributed by atoms with E-state index in [2.05, 4.69) is 52.8 Å². The van der Waals surface area contributed by atoms with Crippen LogP contribution >= 0.6 is 28.3 Å². The number of rotatable bonds is 3. The van der Waals surface area contributed by atoms with E-state index in [9.17, 15) is 0 Å².